The predicted molar refractivity (Wildman–Crippen MR) is 115 cm³/mol. The molecule has 1 N–H and O–H groups in total. The molecule has 31 heavy (non-hydrogen) atoms. The molecular formula is C24H21N3O4. The molecule has 0 bridgehead atoms. The van der Waals surface area contributed by atoms with Crippen LogP contribution in [0.4, 0.5) is 5.69 Å². The Labute approximate surface area is 179 Å². The van der Waals surface area contributed by atoms with Crippen molar-refractivity contribution in [2.75, 3.05) is 0 Å². The highest BCUT2D eigenvalue weighted by Gasteiger charge is 2.12. The maximum absolute atomic E-state index is 12.4. The van der Waals surface area contributed by atoms with Gasteiger partial charge in [0.2, 0.25) is 0 Å². The lowest BCUT2D eigenvalue weighted by molar-refractivity contribution is -0.384. The van der Waals surface area contributed by atoms with Crippen molar-refractivity contribution >= 4 is 11.6 Å². The number of nitro benzene ring substituents is 1. The van der Waals surface area contributed by atoms with E-state index in [9.17, 15) is 14.9 Å². The highest BCUT2D eigenvalue weighted by molar-refractivity contribution is 5.94. The second-order valence-corrected chi connectivity index (χ2v) is 7.49. The van der Waals surface area contributed by atoms with E-state index < -0.39 is 4.92 Å². The molecule has 0 aliphatic heterocycles. The monoisotopic (exact) mass is 415 g/mol. The molecule has 7 heteroatoms. The zero-order chi connectivity index (χ0) is 21.6. The highest BCUT2D eigenvalue weighted by Crippen LogP contribution is 2.24. The van der Waals surface area contributed by atoms with Crippen LogP contribution in [0.25, 0.3) is 11.3 Å². The molecule has 4 rings (SSSR count). The fourth-order valence-corrected chi connectivity index (χ4v) is 3.52. The average molecular weight is 415 g/mol. The largest absolute Gasteiger partial charge is 0.359 e. The number of hydrogen-bond acceptors (Lipinski definition) is 5. The van der Waals surface area contributed by atoms with E-state index in [0.29, 0.717) is 28.5 Å². The number of nitrogens with one attached hydrogen (secondary N) is 1. The third-order valence-electron chi connectivity index (χ3n) is 5.28. The van der Waals surface area contributed by atoms with Crippen LogP contribution in [0.15, 0.2) is 59.1 Å². The number of benzene rings is 2. The third kappa shape index (κ3) is 5.17. The van der Waals surface area contributed by atoms with Gasteiger partial charge in [-0.25, -0.2) is 0 Å². The molecular weight excluding hydrogens is 394 g/mol. The zero-order valence-corrected chi connectivity index (χ0v) is 16.8. The molecule has 0 atom stereocenters. The molecule has 0 radical (unpaired) electrons. The van der Waals surface area contributed by atoms with E-state index >= 15 is 0 Å². The number of carbonyl (C=O) groups is 1. The van der Waals surface area contributed by atoms with Crippen LogP contribution in [0.2, 0.25) is 0 Å². The first kappa shape index (κ1) is 20.4. The maximum Gasteiger partial charge on any atom is 0.269 e. The molecule has 2 aromatic carbocycles. The van der Waals surface area contributed by atoms with Gasteiger partial charge in [-0.05, 0) is 49.2 Å². The minimum absolute atomic E-state index is 0.00951. The van der Waals surface area contributed by atoms with Crippen LogP contribution < -0.4 is 5.32 Å². The number of aromatic nitrogens is 1. The van der Waals surface area contributed by atoms with Crippen LogP contribution >= 0.6 is 0 Å². The van der Waals surface area contributed by atoms with Crippen LogP contribution in [0.5, 0.6) is 0 Å². The van der Waals surface area contributed by atoms with Gasteiger partial charge in [0.15, 0.2) is 5.76 Å². The van der Waals surface area contributed by atoms with Crippen LogP contribution in [0.1, 0.15) is 47.4 Å². The Kier molecular flexibility index (Phi) is 6.08. The van der Waals surface area contributed by atoms with E-state index in [0.717, 1.165) is 5.56 Å². The molecule has 156 valence electrons. The van der Waals surface area contributed by atoms with Crippen molar-refractivity contribution in [2.45, 2.75) is 32.2 Å². The van der Waals surface area contributed by atoms with Crippen LogP contribution in [-0.4, -0.2) is 16.0 Å². The summed E-state index contributed by atoms with van der Waals surface area (Å²) in [6.07, 6.45) is 4.89. The molecule has 0 saturated heterocycles. The minimum atomic E-state index is -0.456. The number of nitrogens with zero attached hydrogens (tertiary/aromatic N) is 2. The quantitative estimate of drug-likeness (QED) is 0.369. The second-order valence-electron chi connectivity index (χ2n) is 7.49. The van der Waals surface area contributed by atoms with Gasteiger partial charge in [-0.2, -0.15) is 0 Å². The van der Waals surface area contributed by atoms with Gasteiger partial charge in [0.05, 0.1) is 11.5 Å². The van der Waals surface area contributed by atoms with Crippen molar-refractivity contribution < 1.29 is 14.2 Å². The Morgan fingerprint density at radius 3 is 2.52 bits per heavy atom. The molecule has 0 spiro atoms. The first-order valence-electron chi connectivity index (χ1n) is 10.2. The smallest absolute Gasteiger partial charge is 0.269 e. The Hall–Kier alpha value is -3.92. The molecule has 1 amide bonds. The summed E-state index contributed by atoms with van der Waals surface area (Å²) in [7, 11) is 0. The van der Waals surface area contributed by atoms with Gasteiger partial charge in [-0.1, -0.05) is 29.8 Å². The Morgan fingerprint density at radius 2 is 1.84 bits per heavy atom. The molecule has 1 aliphatic rings. The Morgan fingerprint density at radius 1 is 1.13 bits per heavy atom. The predicted octanol–water partition coefficient (Wildman–Crippen LogP) is 4.72. The minimum Gasteiger partial charge on any atom is -0.359 e. The van der Waals surface area contributed by atoms with Crippen molar-refractivity contribution in [1.29, 1.82) is 0 Å². The summed E-state index contributed by atoms with van der Waals surface area (Å²) in [4.78, 5) is 22.7. The number of rotatable bonds is 5. The third-order valence-corrected chi connectivity index (χ3v) is 5.28. The summed E-state index contributed by atoms with van der Waals surface area (Å²) in [5.74, 6) is 7.28. The summed E-state index contributed by atoms with van der Waals surface area (Å²) in [5.41, 5.74) is 2.70. The Balaban J connectivity index is 1.33. The van der Waals surface area contributed by atoms with Gasteiger partial charge in [0, 0.05) is 40.8 Å². The molecule has 3 aromatic rings. The lowest BCUT2D eigenvalue weighted by Gasteiger charge is -2.03. The topological polar surface area (TPSA) is 98.3 Å². The maximum atomic E-state index is 12.4. The number of hydrogen-bond donors (Lipinski definition) is 1. The molecule has 1 fully saturated rings. The van der Waals surface area contributed by atoms with Crippen LogP contribution in [-0.2, 0) is 6.54 Å². The zero-order valence-electron chi connectivity index (χ0n) is 16.8. The molecule has 1 saturated carbocycles. The summed E-state index contributed by atoms with van der Waals surface area (Å²) >= 11 is 0. The fraction of sp³-hybridized carbons (Fsp3) is 0.250. The SMILES string of the molecule is O=C(NCc1cc(-c2ccc([N+](=O)[O-])cc2)no1)c1ccc(C#CC2CCCC2)cc1. The number of nitro groups is 1. The highest BCUT2D eigenvalue weighted by atomic mass is 16.6. The molecule has 1 heterocycles. The van der Waals surface area contributed by atoms with E-state index in [4.69, 9.17) is 4.52 Å². The van der Waals surface area contributed by atoms with Crippen molar-refractivity contribution in [3.05, 3.63) is 81.6 Å². The van der Waals surface area contributed by atoms with E-state index in [2.05, 4.69) is 22.3 Å². The second kappa shape index (κ2) is 9.26. The summed E-state index contributed by atoms with van der Waals surface area (Å²) < 4.78 is 5.27. The standard InChI is InChI=1S/C24H21N3O4/c28-24(20-9-7-18(8-10-20)6-5-17-3-1-2-4-17)25-16-22-15-23(26-31-22)19-11-13-21(14-12-19)27(29)30/h7-15,17H,1-4,16H2,(H,25,28). The van der Waals surface area contributed by atoms with Crippen LogP contribution in [0.3, 0.4) is 0 Å². The normalized spacial score (nSPS) is 13.4. The summed E-state index contributed by atoms with van der Waals surface area (Å²) in [5, 5.41) is 17.5. The molecule has 1 aliphatic carbocycles. The van der Waals surface area contributed by atoms with Gasteiger partial charge in [-0.15, -0.1) is 0 Å². The fourth-order valence-electron chi connectivity index (χ4n) is 3.52. The summed E-state index contributed by atoms with van der Waals surface area (Å²) in [6, 6.07) is 15.0. The Bertz CT molecular complexity index is 1130. The summed E-state index contributed by atoms with van der Waals surface area (Å²) in [6.45, 7) is 0.183. The van der Waals surface area contributed by atoms with Crippen molar-refractivity contribution in [3.63, 3.8) is 0 Å². The van der Waals surface area contributed by atoms with Crippen LogP contribution in [0, 0.1) is 27.9 Å². The first-order chi connectivity index (χ1) is 15.1. The lowest BCUT2D eigenvalue weighted by Crippen LogP contribution is -2.22. The van der Waals surface area contributed by atoms with Gasteiger partial charge < -0.3 is 9.84 Å². The molecule has 0 unspecified atom stereocenters. The van der Waals surface area contributed by atoms with Gasteiger partial charge in [0.25, 0.3) is 11.6 Å². The number of carbonyl (C=O) groups excluding carboxylic acids is 1. The number of amides is 1. The van der Waals surface area contributed by atoms with E-state index in [1.165, 1.54) is 37.8 Å². The first-order valence-corrected chi connectivity index (χ1v) is 10.2. The molecule has 1 aromatic heterocycles. The van der Waals surface area contributed by atoms with Gasteiger partial charge >= 0.3 is 0 Å². The van der Waals surface area contributed by atoms with E-state index in [-0.39, 0.29) is 18.1 Å². The van der Waals surface area contributed by atoms with Gasteiger partial charge in [-0.3, -0.25) is 14.9 Å². The van der Waals surface area contributed by atoms with Crippen molar-refractivity contribution in [1.82, 2.24) is 10.5 Å². The lowest BCUT2D eigenvalue weighted by atomic mass is 10.1. The average Bonchev–Trinajstić information content (AvgIpc) is 3.49. The molecule has 7 nitrogen and oxygen atoms in total. The van der Waals surface area contributed by atoms with E-state index in [1.54, 1.807) is 30.3 Å². The number of non-ortho nitro benzene ring substituents is 1. The van der Waals surface area contributed by atoms with E-state index in [1.807, 2.05) is 12.1 Å². The van der Waals surface area contributed by atoms with Gasteiger partial charge in [0.1, 0.15) is 5.69 Å². The van der Waals surface area contributed by atoms with Crippen molar-refractivity contribution in [3.8, 4) is 23.1 Å². The van der Waals surface area contributed by atoms with Crippen molar-refractivity contribution in [2.24, 2.45) is 5.92 Å².